The minimum atomic E-state index is -0.667. The van der Waals surface area contributed by atoms with Crippen molar-refractivity contribution in [3.8, 4) is 0 Å². The Morgan fingerprint density at radius 3 is 2.86 bits per heavy atom. The van der Waals surface area contributed by atoms with E-state index in [4.69, 9.17) is 0 Å². The lowest BCUT2D eigenvalue weighted by molar-refractivity contribution is -0.386. The van der Waals surface area contributed by atoms with Crippen LogP contribution < -0.4 is 5.56 Å². The van der Waals surface area contributed by atoms with Gasteiger partial charge in [0.05, 0.1) is 4.92 Å². The number of nitrogens with zero attached hydrogens (tertiary/aromatic N) is 2. The SMILES string of the molecule is O=c1c([N+](=O)[O-])cccn1CCCS. The quantitative estimate of drug-likeness (QED) is 0.463. The van der Waals surface area contributed by atoms with Crippen LogP contribution >= 0.6 is 12.6 Å². The van der Waals surface area contributed by atoms with E-state index in [9.17, 15) is 14.9 Å². The Morgan fingerprint density at radius 1 is 1.57 bits per heavy atom. The Hall–Kier alpha value is -1.30. The topological polar surface area (TPSA) is 65.1 Å². The lowest BCUT2D eigenvalue weighted by atomic mass is 10.4. The van der Waals surface area contributed by atoms with Crippen LogP contribution in [0, 0.1) is 10.1 Å². The number of pyridine rings is 1. The van der Waals surface area contributed by atoms with E-state index in [-0.39, 0.29) is 5.69 Å². The second-order valence-corrected chi connectivity index (χ2v) is 3.17. The van der Waals surface area contributed by atoms with Gasteiger partial charge in [0, 0.05) is 18.8 Å². The van der Waals surface area contributed by atoms with Crippen LogP contribution in [-0.4, -0.2) is 15.2 Å². The van der Waals surface area contributed by atoms with Crippen LogP contribution in [0.25, 0.3) is 0 Å². The number of thiol groups is 1. The van der Waals surface area contributed by atoms with Crippen molar-refractivity contribution in [2.75, 3.05) is 5.75 Å². The highest BCUT2D eigenvalue weighted by Crippen LogP contribution is 2.02. The predicted octanol–water partition coefficient (Wildman–Crippen LogP) is 1.08. The number of rotatable bonds is 4. The first kappa shape index (κ1) is 10.8. The summed E-state index contributed by atoms with van der Waals surface area (Å²) in [6.45, 7) is 0.462. The molecule has 76 valence electrons. The Balaban J connectivity index is 3.02. The molecular weight excluding hydrogens is 204 g/mol. The summed E-state index contributed by atoms with van der Waals surface area (Å²) < 4.78 is 1.33. The average Bonchev–Trinajstić information content (AvgIpc) is 2.16. The van der Waals surface area contributed by atoms with Gasteiger partial charge in [0.2, 0.25) is 0 Å². The van der Waals surface area contributed by atoms with Crippen LogP contribution in [0.3, 0.4) is 0 Å². The average molecular weight is 214 g/mol. The minimum absolute atomic E-state index is 0.383. The fourth-order valence-electron chi connectivity index (χ4n) is 1.08. The first-order chi connectivity index (χ1) is 6.66. The van der Waals surface area contributed by atoms with Crippen molar-refractivity contribution in [1.82, 2.24) is 4.57 Å². The summed E-state index contributed by atoms with van der Waals surface area (Å²) in [6.07, 6.45) is 2.25. The van der Waals surface area contributed by atoms with Gasteiger partial charge in [-0.25, -0.2) is 0 Å². The van der Waals surface area contributed by atoms with E-state index < -0.39 is 10.5 Å². The summed E-state index contributed by atoms with van der Waals surface area (Å²) in [4.78, 5) is 21.2. The molecule has 0 saturated heterocycles. The zero-order valence-electron chi connectivity index (χ0n) is 7.42. The molecule has 1 heterocycles. The van der Waals surface area contributed by atoms with E-state index in [0.29, 0.717) is 18.7 Å². The molecule has 1 aromatic rings. The maximum Gasteiger partial charge on any atom is 0.334 e. The van der Waals surface area contributed by atoms with Gasteiger partial charge in [-0.15, -0.1) is 0 Å². The fraction of sp³-hybridized carbons (Fsp3) is 0.375. The van der Waals surface area contributed by atoms with Gasteiger partial charge in [-0.05, 0) is 18.2 Å². The van der Waals surface area contributed by atoms with Gasteiger partial charge in [0.15, 0.2) is 0 Å². The van der Waals surface area contributed by atoms with Crippen molar-refractivity contribution >= 4 is 18.3 Å². The molecule has 0 amide bonds. The zero-order valence-corrected chi connectivity index (χ0v) is 8.31. The van der Waals surface area contributed by atoms with Crippen molar-refractivity contribution in [2.24, 2.45) is 0 Å². The molecule has 0 atom stereocenters. The summed E-state index contributed by atoms with van der Waals surface area (Å²) in [6, 6.07) is 2.71. The summed E-state index contributed by atoms with van der Waals surface area (Å²) >= 11 is 4.00. The summed E-state index contributed by atoms with van der Waals surface area (Å²) in [5.41, 5.74) is -0.939. The van der Waals surface area contributed by atoms with Crippen molar-refractivity contribution in [3.05, 3.63) is 38.8 Å². The maximum atomic E-state index is 11.4. The molecule has 0 bridgehead atoms. The van der Waals surface area contributed by atoms with Crippen LogP contribution in [0.2, 0.25) is 0 Å². The molecule has 5 nitrogen and oxygen atoms in total. The molecular formula is C8H10N2O3S. The molecule has 6 heteroatoms. The van der Waals surface area contributed by atoms with Crippen molar-refractivity contribution in [1.29, 1.82) is 0 Å². The van der Waals surface area contributed by atoms with Gasteiger partial charge in [-0.3, -0.25) is 14.9 Å². The molecule has 0 saturated carbocycles. The third-order valence-corrected chi connectivity index (χ3v) is 2.07. The molecule has 0 fully saturated rings. The third-order valence-electron chi connectivity index (χ3n) is 1.75. The van der Waals surface area contributed by atoms with E-state index >= 15 is 0 Å². The molecule has 0 aliphatic carbocycles. The maximum absolute atomic E-state index is 11.4. The van der Waals surface area contributed by atoms with Gasteiger partial charge in [-0.1, -0.05) is 0 Å². The van der Waals surface area contributed by atoms with E-state index in [1.54, 1.807) is 6.20 Å². The Bertz CT molecular complexity index is 388. The third kappa shape index (κ3) is 2.35. The molecule has 14 heavy (non-hydrogen) atoms. The summed E-state index contributed by atoms with van der Waals surface area (Å²) in [5, 5.41) is 10.4. The summed E-state index contributed by atoms with van der Waals surface area (Å²) in [7, 11) is 0. The smallest absolute Gasteiger partial charge is 0.310 e. The van der Waals surface area contributed by atoms with E-state index in [2.05, 4.69) is 12.6 Å². The van der Waals surface area contributed by atoms with E-state index in [0.717, 1.165) is 0 Å². The molecule has 1 aromatic heterocycles. The monoisotopic (exact) mass is 214 g/mol. The van der Waals surface area contributed by atoms with Gasteiger partial charge >= 0.3 is 11.2 Å². The predicted molar refractivity (Wildman–Crippen MR) is 55.8 cm³/mol. The molecule has 0 aliphatic rings. The van der Waals surface area contributed by atoms with Gasteiger partial charge in [0.1, 0.15) is 0 Å². The highest BCUT2D eigenvalue weighted by molar-refractivity contribution is 7.80. The molecule has 1 rings (SSSR count). The van der Waals surface area contributed by atoms with Gasteiger partial charge in [0.25, 0.3) is 0 Å². The standard InChI is InChI=1S/C8H10N2O3S/c11-8-7(10(12)13)3-1-4-9(8)5-2-6-14/h1,3-4,14H,2,5-6H2. The molecule has 0 N–H and O–H groups in total. The number of hydrogen-bond acceptors (Lipinski definition) is 4. The highest BCUT2D eigenvalue weighted by Gasteiger charge is 2.12. The number of aryl methyl sites for hydroxylation is 1. The molecule has 0 unspecified atom stereocenters. The fourth-order valence-corrected chi connectivity index (χ4v) is 1.22. The lowest BCUT2D eigenvalue weighted by Crippen LogP contribution is -2.21. The van der Waals surface area contributed by atoms with E-state index in [1.807, 2.05) is 0 Å². The van der Waals surface area contributed by atoms with Crippen LogP contribution in [0.15, 0.2) is 23.1 Å². The first-order valence-corrected chi connectivity index (χ1v) is 4.74. The molecule has 0 radical (unpaired) electrons. The highest BCUT2D eigenvalue weighted by atomic mass is 32.1. The number of nitro groups is 1. The van der Waals surface area contributed by atoms with Crippen molar-refractivity contribution in [3.63, 3.8) is 0 Å². The van der Waals surface area contributed by atoms with Crippen molar-refractivity contribution in [2.45, 2.75) is 13.0 Å². The number of hydrogen-bond donors (Lipinski definition) is 1. The molecule has 0 aromatic carbocycles. The van der Waals surface area contributed by atoms with Gasteiger partial charge < -0.3 is 4.57 Å². The van der Waals surface area contributed by atoms with Crippen molar-refractivity contribution < 1.29 is 4.92 Å². The second-order valence-electron chi connectivity index (χ2n) is 2.73. The second kappa shape index (κ2) is 4.80. The van der Waals surface area contributed by atoms with Crippen LogP contribution in [0.5, 0.6) is 0 Å². The van der Waals surface area contributed by atoms with E-state index in [1.165, 1.54) is 16.7 Å². The molecule has 0 spiro atoms. The summed E-state index contributed by atoms with van der Waals surface area (Å²) in [5.74, 6) is 0.648. The van der Waals surface area contributed by atoms with Gasteiger partial charge in [-0.2, -0.15) is 12.6 Å². The normalized spacial score (nSPS) is 10.1. The van der Waals surface area contributed by atoms with Crippen LogP contribution in [0.1, 0.15) is 6.42 Å². The minimum Gasteiger partial charge on any atom is -0.310 e. The molecule has 0 aliphatic heterocycles. The zero-order chi connectivity index (χ0) is 10.6. The Morgan fingerprint density at radius 2 is 2.29 bits per heavy atom. The van der Waals surface area contributed by atoms with Crippen LogP contribution in [0.4, 0.5) is 5.69 Å². The first-order valence-electron chi connectivity index (χ1n) is 4.11. The Kier molecular flexibility index (Phi) is 3.70. The van der Waals surface area contributed by atoms with Crippen LogP contribution in [-0.2, 0) is 6.54 Å². The Labute approximate surface area is 85.9 Å². The number of aromatic nitrogens is 1. The lowest BCUT2D eigenvalue weighted by Gasteiger charge is -2.02. The largest absolute Gasteiger partial charge is 0.334 e.